The third-order valence-corrected chi connectivity index (χ3v) is 4.42. The van der Waals surface area contributed by atoms with Gasteiger partial charge in [0, 0.05) is 24.8 Å². The Morgan fingerprint density at radius 2 is 1.81 bits per heavy atom. The average molecular weight is 284 g/mol. The molecule has 1 aromatic carbocycles. The minimum Gasteiger partial charge on any atom is -0.385 e. The Morgan fingerprint density at radius 3 is 2.43 bits per heavy atom. The molecule has 1 heterocycles. The monoisotopic (exact) mass is 284 g/mol. The molecule has 1 N–H and O–H groups in total. The number of nitrogens with zero attached hydrogens (tertiary/aromatic N) is 3. The fourth-order valence-corrected chi connectivity index (χ4v) is 3.11. The largest absolute Gasteiger partial charge is 0.385 e. The van der Waals surface area contributed by atoms with Crippen molar-refractivity contribution in [2.45, 2.75) is 38.5 Å². The van der Waals surface area contributed by atoms with Gasteiger partial charge in [0.25, 0.3) is 0 Å². The second kappa shape index (κ2) is 6.74. The maximum absolute atomic E-state index is 4.14. The first-order chi connectivity index (χ1) is 10.3. The van der Waals surface area contributed by atoms with Crippen LogP contribution in [0.4, 0.5) is 5.69 Å². The van der Waals surface area contributed by atoms with Gasteiger partial charge in [0.05, 0.1) is 0 Å². The van der Waals surface area contributed by atoms with Crippen molar-refractivity contribution in [1.29, 1.82) is 0 Å². The molecule has 0 atom stereocenters. The van der Waals surface area contributed by atoms with E-state index in [0.29, 0.717) is 0 Å². The Balaban J connectivity index is 1.58. The molecule has 0 radical (unpaired) electrons. The third kappa shape index (κ3) is 3.63. The van der Waals surface area contributed by atoms with E-state index in [2.05, 4.69) is 39.8 Å². The number of nitrogens with one attached hydrogen (secondary N) is 1. The average Bonchev–Trinajstić information content (AvgIpc) is 2.78. The fourth-order valence-electron chi connectivity index (χ4n) is 3.11. The Morgan fingerprint density at radius 1 is 1.10 bits per heavy atom. The Kier molecular flexibility index (Phi) is 4.53. The zero-order chi connectivity index (χ0) is 14.5. The molecule has 1 aliphatic carbocycles. The van der Waals surface area contributed by atoms with E-state index in [9.17, 15) is 0 Å². The summed E-state index contributed by atoms with van der Waals surface area (Å²) in [5.74, 6) is 1.75. The lowest BCUT2D eigenvalue weighted by Crippen LogP contribution is -2.13. The maximum Gasteiger partial charge on any atom is 0.163 e. The van der Waals surface area contributed by atoms with E-state index in [0.717, 1.165) is 23.9 Å². The van der Waals surface area contributed by atoms with Gasteiger partial charge < -0.3 is 9.88 Å². The summed E-state index contributed by atoms with van der Waals surface area (Å²) < 4.78 is 1.94. The van der Waals surface area contributed by atoms with Crippen molar-refractivity contribution in [3.05, 3.63) is 30.6 Å². The van der Waals surface area contributed by atoms with Crippen LogP contribution in [0.2, 0.25) is 0 Å². The lowest BCUT2D eigenvalue weighted by molar-refractivity contribution is 0.483. The molecular weight excluding hydrogens is 260 g/mol. The van der Waals surface area contributed by atoms with E-state index in [1.807, 2.05) is 11.6 Å². The first kappa shape index (κ1) is 14.1. The molecule has 21 heavy (non-hydrogen) atoms. The van der Waals surface area contributed by atoms with Crippen molar-refractivity contribution in [3.8, 4) is 11.4 Å². The highest BCUT2D eigenvalue weighted by Gasteiger charge is 2.12. The van der Waals surface area contributed by atoms with E-state index < -0.39 is 0 Å². The molecule has 2 aromatic rings. The van der Waals surface area contributed by atoms with Gasteiger partial charge in [-0.1, -0.05) is 25.7 Å². The van der Waals surface area contributed by atoms with Crippen LogP contribution in [-0.4, -0.2) is 21.3 Å². The zero-order valence-electron chi connectivity index (χ0n) is 12.8. The molecule has 1 saturated carbocycles. The standard InChI is InChI=1S/C17H24N4/c1-21-13-19-20-17(21)15-8-10-16(11-9-15)18-12-14-6-4-2-3-5-7-14/h8-11,13-14,18H,2-7,12H2,1H3. The van der Waals surface area contributed by atoms with E-state index in [1.165, 1.54) is 44.2 Å². The van der Waals surface area contributed by atoms with Crippen LogP contribution in [0, 0.1) is 5.92 Å². The van der Waals surface area contributed by atoms with Gasteiger partial charge in [-0.3, -0.25) is 0 Å². The van der Waals surface area contributed by atoms with Crippen molar-refractivity contribution >= 4 is 5.69 Å². The highest BCUT2D eigenvalue weighted by atomic mass is 15.2. The summed E-state index contributed by atoms with van der Waals surface area (Å²) in [4.78, 5) is 0. The van der Waals surface area contributed by atoms with Gasteiger partial charge in [-0.25, -0.2) is 0 Å². The van der Waals surface area contributed by atoms with Crippen molar-refractivity contribution < 1.29 is 0 Å². The fraction of sp³-hybridized carbons (Fsp3) is 0.529. The Hall–Kier alpha value is -1.84. The summed E-state index contributed by atoms with van der Waals surface area (Å²) in [6.07, 6.45) is 10.1. The maximum atomic E-state index is 4.14. The van der Waals surface area contributed by atoms with Crippen molar-refractivity contribution in [1.82, 2.24) is 14.8 Å². The highest BCUT2D eigenvalue weighted by Crippen LogP contribution is 2.24. The number of aromatic nitrogens is 3. The molecule has 3 rings (SSSR count). The second-order valence-electron chi connectivity index (χ2n) is 6.08. The summed E-state index contributed by atoms with van der Waals surface area (Å²) in [5.41, 5.74) is 2.31. The van der Waals surface area contributed by atoms with Crippen molar-refractivity contribution in [2.75, 3.05) is 11.9 Å². The van der Waals surface area contributed by atoms with Gasteiger partial charge in [-0.05, 0) is 43.0 Å². The zero-order valence-corrected chi connectivity index (χ0v) is 12.8. The van der Waals surface area contributed by atoms with Crippen LogP contribution < -0.4 is 5.32 Å². The van der Waals surface area contributed by atoms with Crippen LogP contribution in [0.5, 0.6) is 0 Å². The minimum absolute atomic E-state index is 0.839. The smallest absolute Gasteiger partial charge is 0.163 e. The quantitative estimate of drug-likeness (QED) is 0.867. The molecule has 1 aliphatic rings. The molecule has 4 heteroatoms. The number of aryl methyl sites for hydroxylation is 1. The molecule has 0 aliphatic heterocycles. The number of rotatable bonds is 4. The molecule has 4 nitrogen and oxygen atoms in total. The van der Waals surface area contributed by atoms with Crippen molar-refractivity contribution in [2.24, 2.45) is 13.0 Å². The van der Waals surface area contributed by atoms with Crippen LogP contribution >= 0.6 is 0 Å². The topological polar surface area (TPSA) is 42.7 Å². The van der Waals surface area contributed by atoms with E-state index in [4.69, 9.17) is 0 Å². The molecule has 0 bridgehead atoms. The molecule has 0 unspecified atom stereocenters. The summed E-state index contributed by atoms with van der Waals surface area (Å²) >= 11 is 0. The molecule has 1 fully saturated rings. The molecule has 1 aromatic heterocycles. The summed E-state index contributed by atoms with van der Waals surface area (Å²) in [5, 5.41) is 11.6. The summed E-state index contributed by atoms with van der Waals surface area (Å²) in [6.45, 7) is 1.10. The van der Waals surface area contributed by atoms with Gasteiger partial charge in [0.1, 0.15) is 6.33 Å². The minimum atomic E-state index is 0.839. The van der Waals surface area contributed by atoms with E-state index >= 15 is 0 Å². The van der Waals surface area contributed by atoms with Crippen LogP contribution in [0.15, 0.2) is 30.6 Å². The number of hydrogen-bond donors (Lipinski definition) is 1. The Bertz CT molecular complexity index is 550. The predicted octanol–water partition coefficient (Wildman–Crippen LogP) is 3.86. The molecule has 0 spiro atoms. The van der Waals surface area contributed by atoms with Gasteiger partial charge in [-0.15, -0.1) is 10.2 Å². The van der Waals surface area contributed by atoms with Crippen LogP contribution in [0.1, 0.15) is 38.5 Å². The van der Waals surface area contributed by atoms with Gasteiger partial charge in [-0.2, -0.15) is 0 Å². The van der Waals surface area contributed by atoms with Crippen LogP contribution in [0.25, 0.3) is 11.4 Å². The van der Waals surface area contributed by atoms with Crippen LogP contribution in [-0.2, 0) is 7.05 Å². The number of benzene rings is 1. The molecule has 112 valence electrons. The lowest BCUT2D eigenvalue weighted by atomic mass is 10.0. The molecular formula is C17H24N4. The first-order valence-electron chi connectivity index (χ1n) is 8.01. The number of anilines is 1. The second-order valence-corrected chi connectivity index (χ2v) is 6.08. The van der Waals surface area contributed by atoms with E-state index in [-0.39, 0.29) is 0 Å². The SMILES string of the molecule is Cn1cnnc1-c1ccc(NCC2CCCCCC2)cc1. The summed E-state index contributed by atoms with van der Waals surface area (Å²) in [6, 6.07) is 8.50. The number of hydrogen-bond acceptors (Lipinski definition) is 3. The normalized spacial score (nSPS) is 16.6. The predicted molar refractivity (Wildman–Crippen MR) is 86.1 cm³/mol. The molecule has 0 amide bonds. The lowest BCUT2D eigenvalue weighted by Gasteiger charge is -2.15. The van der Waals surface area contributed by atoms with Crippen LogP contribution in [0.3, 0.4) is 0 Å². The van der Waals surface area contributed by atoms with Gasteiger partial charge in [0.2, 0.25) is 0 Å². The Labute approximate surface area is 126 Å². The van der Waals surface area contributed by atoms with Gasteiger partial charge in [0.15, 0.2) is 5.82 Å². The van der Waals surface area contributed by atoms with E-state index in [1.54, 1.807) is 6.33 Å². The van der Waals surface area contributed by atoms with Gasteiger partial charge >= 0.3 is 0 Å². The molecule has 0 saturated heterocycles. The highest BCUT2D eigenvalue weighted by molar-refractivity contribution is 5.59. The van der Waals surface area contributed by atoms with Crippen molar-refractivity contribution in [3.63, 3.8) is 0 Å². The summed E-state index contributed by atoms with van der Waals surface area (Å²) in [7, 11) is 1.97. The first-order valence-corrected chi connectivity index (χ1v) is 8.01. The third-order valence-electron chi connectivity index (χ3n) is 4.42.